The summed E-state index contributed by atoms with van der Waals surface area (Å²) in [6.07, 6.45) is 4.98. The van der Waals surface area contributed by atoms with E-state index in [9.17, 15) is 8.78 Å². The van der Waals surface area contributed by atoms with Crippen molar-refractivity contribution in [2.24, 2.45) is 4.99 Å². The Morgan fingerprint density at radius 1 is 0.897 bits per heavy atom. The first-order valence-corrected chi connectivity index (χ1v) is 10.7. The number of nitrogens with zero attached hydrogens (tertiary/aromatic N) is 1. The molecule has 1 saturated carbocycles. The average molecular weight is 422 g/mol. The second kappa shape index (κ2) is 8.80. The summed E-state index contributed by atoms with van der Waals surface area (Å²) in [5, 5.41) is 2.29. The van der Waals surface area contributed by atoms with E-state index in [1.54, 1.807) is 35.6 Å². The summed E-state index contributed by atoms with van der Waals surface area (Å²) in [5.41, 5.74) is 1.57. The number of benzene rings is 2. The standard InChI is InChI=1S/C24H17F2NS2/c25-22-13-18(16-5-7-19(8-6-16)27-15-28)14-23(26)21(22)11-9-20-10-12-24(29-20)17-3-1-2-4-17/h5-8,10,12-14,17H,1-4H2. The number of aliphatic imine (C=N–C) groups is 1. The van der Waals surface area contributed by atoms with Gasteiger partial charge in [-0.1, -0.05) is 36.8 Å². The van der Waals surface area contributed by atoms with E-state index in [2.05, 4.69) is 40.3 Å². The molecule has 0 saturated heterocycles. The molecule has 0 bridgehead atoms. The first-order valence-electron chi connectivity index (χ1n) is 9.43. The monoisotopic (exact) mass is 421 g/mol. The largest absolute Gasteiger partial charge is 0.205 e. The molecule has 29 heavy (non-hydrogen) atoms. The Kier molecular flexibility index (Phi) is 5.97. The highest BCUT2D eigenvalue weighted by Crippen LogP contribution is 2.37. The smallest absolute Gasteiger partial charge is 0.142 e. The molecular weight excluding hydrogens is 404 g/mol. The van der Waals surface area contributed by atoms with Crippen LogP contribution in [0.25, 0.3) is 11.1 Å². The summed E-state index contributed by atoms with van der Waals surface area (Å²) in [7, 11) is 0. The van der Waals surface area contributed by atoms with Gasteiger partial charge in [0.25, 0.3) is 0 Å². The predicted octanol–water partition coefficient (Wildman–Crippen LogP) is 7.49. The van der Waals surface area contributed by atoms with Gasteiger partial charge in [0.1, 0.15) is 11.6 Å². The summed E-state index contributed by atoms with van der Waals surface area (Å²) in [6.45, 7) is 0. The van der Waals surface area contributed by atoms with E-state index in [-0.39, 0.29) is 5.56 Å². The average Bonchev–Trinajstić information content (AvgIpc) is 3.40. The van der Waals surface area contributed by atoms with Crippen LogP contribution in [0, 0.1) is 23.5 Å². The number of rotatable bonds is 3. The number of hydrogen-bond donors (Lipinski definition) is 0. The fourth-order valence-corrected chi connectivity index (χ4v) is 4.75. The van der Waals surface area contributed by atoms with Gasteiger partial charge in [0, 0.05) is 4.88 Å². The minimum absolute atomic E-state index is 0.202. The molecular formula is C24H17F2NS2. The van der Waals surface area contributed by atoms with Gasteiger partial charge in [0.2, 0.25) is 0 Å². The van der Waals surface area contributed by atoms with E-state index in [1.165, 1.54) is 42.7 Å². The summed E-state index contributed by atoms with van der Waals surface area (Å²) in [6, 6.07) is 13.6. The van der Waals surface area contributed by atoms with Crippen LogP contribution in [0.1, 0.15) is 46.9 Å². The summed E-state index contributed by atoms with van der Waals surface area (Å²) in [4.78, 5) is 6.03. The molecule has 1 aliphatic rings. The fraction of sp³-hybridized carbons (Fsp3) is 0.208. The maximum absolute atomic E-state index is 14.6. The van der Waals surface area contributed by atoms with E-state index in [1.807, 2.05) is 6.07 Å². The lowest BCUT2D eigenvalue weighted by Gasteiger charge is -2.05. The van der Waals surface area contributed by atoms with Gasteiger partial charge >= 0.3 is 0 Å². The lowest BCUT2D eigenvalue weighted by molar-refractivity contribution is 0.578. The van der Waals surface area contributed by atoms with E-state index in [0.717, 1.165) is 4.88 Å². The third kappa shape index (κ3) is 4.52. The van der Waals surface area contributed by atoms with E-state index < -0.39 is 11.6 Å². The lowest BCUT2D eigenvalue weighted by atomic mass is 10.0. The first-order chi connectivity index (χ1) is 14.1. The van der Waals surface area contributed by atoms with Crippen LogP contribution >= 0.6 is 23.6 Å². The second-order valence-electron chi connectivity index (χ2n) is 7.00. The van der Waals surface area contributed by atoms with E-state index in [0.29, 0.717) is 22.7 Å². The van der Waals surface area contributed by atoms with Crippen molar-refractivity contribution in [2.45, 2.75) is 31.6 Å². The van der Waals surface area contributed by atoms with Crippen LogP contribution < -0.4 is 0 Å². The quantitative estimate of drug-likeness (QED) is 0.242. The Hall–Kier alpha value is -2.64. The number of isothiocyanates is 1. The summed E-state index contributed by atoms with van der Waals surface area (Å²) < 4.78 is 29.1. The third-order valence-corrected chi connectivity index (χ3v) is 6.37. The van der Waals surface area contributed by atoms with Crippen LogP contribution in [0.5, 0.6) is 0 Å². The van der Waals surface area contributed by atoms with Gasteiger partial charge in [0.15, 0.2) is 0 Å². The van der Waals surface area contributed by atoms with Gasteiger partial charge in [0.05, 0.1) is 21.3 Å². The van der Waals surface area contributed by atoms with Crippen LogP contribution in [0.4, 0.5) is 14.5 Å². The van der Waals surface area contributed by atoms with Crippen molar-refractivity contribution in [3.63, 3.8) is 0 Å². The molecule has 1 aromatic heterocycles. The van der Waals surface area contributed by atoms with Crippen molar-refractivity contribution in [3.8, 4) is 23.0 Å². The van der Waals surface area contributed by atoms with Crippen LogP contribution in [0.2, 0.25) is 0 Å². The van der Waals surface area contributed by atoms with Crippen molar-refractivity contribution in [1.29, 1.82) is 0 Å². The van der Waals surface area contributed by atoms with Gasteiger partial charge < -0.3 is 0 Å². The topological polar surface area (TPSA) is 12.4 Å². The van der Waals surface area contributed by atoms with Crippen LogP contribution in [-0.2, 0) is 0 Å². The summed E-state index contributed by atoms with van der Waals surface area (Å²) in [5.74, 6) is 4.89. The molecule has 0 aliphatic heterocycles. The Morgan fingerprint density at radius 3 is 2.24 bits per heavy atom. The van der Waals surface area contributed by atoms with E-state index in [4.69, 9.17) is 0 Å². The fourth-order valence-electron chi connectivity index (χ4n) is 3.61. The van der Waals surface area contributed by atoms with Crippen molar-refractivity contribution in [1.82, 2.24) is 0 Å². The maximum atomic E-state index is 14.6. The minimum atomic E-state index is -0.666. The zero-order valence-electron chi connectivity index (χ0n) is 15.5. The highest BCUT2D eigenvalue weighted by Gasteiger charge is 2.18. The molecule has 2 aromatic carbocycles. The number of thiocarbonyl (C=S) groups is 1. The van der Waals surface area contributed by atoms with Crippen molar-refractivity contribution in [2.75, 3.05) is 0 Å². The highest BCUT2D eigenvalue weighted by atomic mass is 32.1. The number of halogens is 2. The molecule has 1 aliphatic carbocycles. The third-order valence-electron chi connectivity index (χ3n) is 5.11. The molecule has 0 N–H and O–H groups in total. The first kappa shape index (κ1) is 19.7. The molecule has 0 spiro atoms. The molecule has 5 heteroatoms. The molecule has 0 atom stereocenters. The minimum Gasteiger partial charge on any atom is -0.205 e. The molecule has 144 valence electrons. The zero-order valence-corrected chi connectivity index (χ0v) is 17.2. The van der Waals surface area contributed by atoms with Gasteiger partial charge in [-0.25, -0.2) is 8.78 Å². The SMILES string of the molecule is Fc1cc(-c2ccc(N=C=S)cc2)cc(F)c1C#Cc1ccc(C2CCCC2)s1. The van der Waals surface area contributed by atoms with Crippen LogP contribution in [0.15, 0.2) is 53.5 Å². The van der Waals surface area contributed by atoms with Gasteiger partial charge in [-0.15, -0.1) is 11.3 Å². The molecule has 1 fully saturated rings. The Morgan fingerprint density at radius 2 is 1.59 bits per heavy atom. The Labute approximate surface area is 178 Å². The van der Waals surface area contributed by atoms with Crippen LogP contribution in [-0.4, -0.2) is 5.16 Å². The van der Waals surface area contributed by atoms with Gasteiger partial charge in [-0.2, -0.15) is 4.99 Å². The molecule has 0 radical (unpaired) electrons. The van der Waals surface area contributed by atoms with Gasteiger partial charge in [-0.3, -0.25) is 0 Å². The molecule has 4 rings (SSSR count). The van der Waals surface area contributed by atoms with Crippen molar-refractivity contribution < 1.29 is 8.78 Å². The summed E-state index contributed by atoms with van der Waals surface area (Å²) >= 11 is 6.20. The normalized spacial score (nSPS) is 13.6. The molecule has 1 heterocycles. The van der Waals surface area contributed by atoms with Crippen molar-refractivity contribution >= 4 is 34.4 Å². The zero-order chi connectivity index (χ0) is 20.2. The molecule has 0 amide bonds. The Balaban J connectivity index is 1.58. The number of hydrogen-bond acceptors (Lipinski definition) is 3. The molecule has 3 aromatic rings. The second-order valence-corrected chi connectivity index (χ2v) is 8.30. The van der Waals surface area contributed by atoms with Gasteiger partial charge in [-0.05, 0) is 78.5 Å². The molecule has 0 unspecified atom stereocenters. The maximum Gasteiger partial charge on any atom is 0.142 e. The molecule has 1 nitrogen and oxygen atoms in total. The number of thiophene rings is 1. The van der Waals surface area contributed by atoms with Crippen LogP contribution in [0.3, 0.4) is 0 Å². The Bertz CT molecular complexity index is 1120. The lowest BCUT2D eigenvalue weighted by Crippen LogP contribution is -1.92. The van der Waals surface area contributed by atoms with Crippen molar-refractivity contribution in [3.05, 3.63) is 75.5 Å². The van der Waals surface area contributed by atoms with E-state index >= 15 is 0 Å². The highest BCUT2D eigenvalue weighted by molar-refractivity contribution is 7.78. The predicted molar refractivity (Wildman–Crippen MR) is 118 cm³/mol.